The lowest BCUT2D eigenvalue weighted by molar-refractivity contribution is 1.18. The van der Waals surface area contributed by atoms with Gasteiger partial charge in [0.05, 0.1) is 22.7 Å². The lowest BCUT2D eigenvalue weighted by Gasteiger charge is -2.18. The van der Waals surface area contributed by atoms with Gasteiger partial charge in [0.1, 0.15) is 0 Å². The molecule has 45 heavy (non-hydrogen) atoms. The van der Waals surface area contributed by atoms with Crippen LogP contribution in [0.3, 0.4) is 0 Å². The van der Waals surface area contributed by atoms with Crippen LogP contribution >= 0.6 is 0 Å². The van der Waals surface area contributed by atoms with Crippen molar-refractivity contribution in [1.82, 2.24) is 4.57 Å². The van der Waals surface area contributed by atoms with Crippen LogP contribution < -0.4 is 0 Å². The van der Waals surface area contributed by atoms with Crippen LogP contribution in [0.1, 0.15) is 5.56 Å². The summed E-state index contributed by atoms with van der Waals surface area (Å²) in [6, 6.07) is 61.9. The number of benzene rings is 7. The van der Waals surface area contributed by atoms with Gasteiger partial charge in [0.25, 0.3) is 0 Å². The van der Waals surface area contributed by atoms with Gasteiger partial charge in [-0.05, 0) is 75.3 Å². The van der Waals surface area contributed by atoms with Gasteiger partial charge in [-0.25, -0.2) is 0 Å². The van der Waals surface area contributed by atoms with Crippen molar-refractivity contribution in [3.05, 3.63) is 175 Å². The van der Waals surface area contributed by atoms with Crippen molar-refractivity contribution >= 4 is 21.8 Å². The van der Waals surface area contributed by atoms with Crippen molar-refractivity contribution < 1.29 is 0 Å². The molecule has 0 aliphatic rings. The first-order valence-corrected chi connectivity index (χ1v) is 15.2. The normalized spacial score (nSPS) is 11.1. The van der Waals surface area contributed by atoms with Gasteiger partial charge in [-0.15, -0.1) is 0 Å². The highest BCUT2D eigenvalue weighted by molar-refractivity contribution is 6.10. The molecule has 0 fully saturated rings. The second kappa shape index (κ2) is 11.2. The van der Waals surface area contributed by atoms with Gasteiger partial charge in [-0.3, -0.25) is 0 Å². The average Bonchev–Trinajstić information content (AvgIpc) is 3.46. The van der Waals surface area contributed by atoms with E-state index < -0.39 is 0 Å². The van der Waals surface area contributed by atoms with E-state index in [9.17, 15) is 5.26 Å². The van der Waals surface area contributed by atoms with Crippen LogP contribution in [0.25, 0.3) is 72.0 Å². The quantitative estimate of drug-likeness (QED) is 0.202. The van der Waals surface area contributed by atoms with Crippen LogP contribution in [0.5, 0.6) is 0 Å². The van der Waals surface area contributed by atoms with Crippen LogP contribution in [0.4, 0.5) is 0 Å². The first-order chi connectivity index (χ1) is 22.3. The summed E-state index contributed by atoms with van der Waals surface area (Å²) in [5, 5.41) is 12.6. The lowest BCUT2D eigenvalue weighted by Crippen LogP contribution is -1.96. The molecule has 0 amide bonds. The molecule has 210 valence electrons. The molecule has 8 aromatic rings. The Morgan fingerprint density at radius 2 is 0.956 bits per heavy atom. The molecule has 0 aliphatic heterocycles. The highest BCUT2D eigenvalue weighted by Gasteiger charge is 2.19. The SMILES string of the molecule is N#Cc1ccc(-c2ccc(-n3c4ccccc4c4cc(-c5ccccc5)ccc43)cc2)c(-c2ccccc2)c1-c1ccccc1. The Morgan fingerprint density at radius 1 is 0.400 bits per heavy atom. The van der Waals surface area contributed by atoms with Crippen molar-refractivity contribution in [3.63, 3.8) is 0 Å². The summed E-state index contributed by atoms with van der Waals surface area (Å²) in [5.74, 6) is 0. The zero-order chi connectivity index (χ0) is 30.2. The maximum absolute atomic E-state index is 10.2. The van der Waals surface area contributed by atoms with Gasteiger partial charge in [-0.1, -0.05) is 133 Å². The predicted molar refractivity (Wildman–Crippen MR) is 187 cm³/mol. The van der Waals surface area contributed by atoms with E-state index in [1.54, 1.807) is 0 Å². The van der Waals surface area contributed by atoms with Gasteiger partial charge in [0.2, 0.25) is 0 Å². The fourth-order valence-corrected chi connectivity index (χ4v) is 6.60. The minimum Gasteiger partial charge on any atom is -0.309 e. The van der Waals surface area contributed by atoms with Crippen LogP contribution in [-0.4, -0.2) is 4.57 Å². The van der Waals surface area contributed by atoms with Crippen molar-refractivity contribution in [1.29, 1.82) is 5.26 Å². The first-order valence-electron chi connectivity index (χ1n) is 15.2. The third kappa shape index (κ3) is 4.59. The molecular formula is C43H28N2. The fourth-order valence-electron chi connectivity index (χ4n) is 6.60. The van der Waals surface area contributed by atoms with E-state index in [0.717, 1.165) is 39.1 Å². The van der Waals surface area contributed by atoms with Crippen LogP contribution in [0, 0.1) is 11.3 Å². The monoisotopic (exact) mass is 572 g/mol. The molecule has 0 unspecified atom stereocenters. The summed E-state index contributed by atoms with van der Waals surface area (Å²) >= 11 is 0. The number of fused-ring (bicyclic) bond motifs is 3. The second-order valence-corrected chi connectivity index (χ2v) is 11.3. The van der Waals surface area contributed by atoms with Crippen LogP contribution in [-0.2, 0) is 0 Å². The van der Waals surface area contributed by atoms with Gasteiger partial charge < -0.3 is 4.57 Å². The summed E-state index contributed by atoms with van der Waals surface area (Å²) in [7, 11) is 0. The predicted octanol–water partition coefficient (Wildman–Crippen LogP) is 11.3. The molecule has 0 saturated heterocycles. The van der Waals surface area contributed by atoms with E-state index in [-0.39, 0.29) is 0 Å². The Hall–Kier alpha value is -6.17. The number of para-hydroxylation sites is 1. The summed E-state index contributed by atoms with van der Waals surface area (Å²) in [6.07, 6.45) is 0. The highest BCUT2D eigenvalue weighted by Crippen LogP contribution is 2.42. The second-order valence-electron chi connectivity index (χ2n) is 11.3. The van der Waals surface area contributed by atoms with Gasteiger partial charge >= 0.3 is 0 Å². The minimum absolute atomic E-state index is 0.667. The van der Waals surface area contributed by atoms with Gasteiger partial charge in [0, 0.05) is 22.0 Å². The molecule has 2 heteroatoms. The topological polar surface area (TPSA) is 28.7 Å². The van der Waals surface area contributed by atoms with E-state index in [1.165, 1.54) is 32.9 Å². The number of nitriles is 1. The summed E-state index contributed by atoms with van der Waals surface area (Å²) < 4.78 is 2.36. The molecule has 2 nitrogen and oxygen atoms in total. The Kier molecular flexibility index (Phi) is 6.56. The van der Waals surface area contributed by atoms with E-state index in [1.807, 2.05) is 30.3 Å². The van der Waals surface area contributed by atoms with E-state index in [4.69, 9.17) is 0 Å². The number of hydrogen-bond donors (Lipinski definition) is 0. The molecule has 1 aromatic heterocycles. The van der Waals surface area contributed by atoms with E-state index in [0.29, 0.717) is 5.56 Å². The molecule has 0 spiro atoms. The van der Waals surface area contributed by atoms with Crippen LogP contribution in [0.2, 0.25) is 0 Å². The number of nitrogens with zero attached hydrogens (tertiary/aromatic N) is 2. The number of aromatic nitrogens is 1. The molecule has 0 bridgehead atoms. The Balaban J connectivity index is 1.30. The third-order valence-corrected chi connectivity index (χ3v) is 8.67. The molecule has 7 aromatic carbocycles. The zero-order valence-electron chi connectivity index (χ0n) is 24.6. The van der Waals surface area contributed by atoms with Gasteiger partial charge in [-0.2, -0.15) is 5.26 Å². The van der Waals surface area contributed by atoms with Crippen LogP contribution in [0.15, 0.2) is 170 Å². The van der Waals surface area contributed by atoms with Crippen molar-refractivity contribution in [2.75, 3.05) is 0 Å². The average molecular weight is 573 g/mol. The Bertz CT molecular complexity index is 2340. The molecule has 8 rings (SSSR count). The lowest BCUT2D eigenvalue weighted by atomic mass is 9.85. The standard InChI is InChI=1S/C43H28N2/c44-29-35-22-26-37(43(33-16-8-3-9-17-33)42(35)32-14-6-2-7-15-32)31-20-24-36(25-21-31)45-40-19-11-10-18-38(40)39-28-34(23-27-41(39)45)30-12-4-1-5-13-30/h1-28H. The molecule has 0 saturated carbocycles. The maximum Gasteiger partial charge on any atom is 0.0998 e. The molecule has 0 N–H and O–H groups in total. The Labute approximate surface area is 262 Å². The summed E-state index contributed by atoms with van der Waals surface area (Å²) in [6.45, 7) is 0. The Morgan fingerprint density at radius 3 is 1.62 bits per heavy atom. The largest absolute Gasteiger partial charge is 0.309 e. The summed E-state index contributed by atoms with van der Waals surface area (Å²) in [4.78, 5) is 0. The smallest absolute Gasteiger partial charge is 0.0998 e. The molecule has 0 atom stereocenters. The number of rotatable bonds is 5. The highest BCUT2D eigenvalue weighted by atomic mass is 15.0. The van der Waals surface area contributed by atoms with Crippen molar-refractivity contribution in [2.45, 2.75) is 0 Å². The first kappa shape index (κ1) is 26.5. The van der Waals surface area contributed by atoms with Crippen molar-refractivity contribution in [2.24, 2.45) is 0 Å². The zero-order valence-corrected chi connectivity index (χ0v) is 24.6. The maximum atomic E-state index is 10.2. The van der Waals surface area contributed by atoms with E-state index in [2.05, 4.69) is 150 Å². The third-order valence-electron chi connectivity index (χ3n) is 8.67. The molecule has 0 radical (unpaired) electrons. The molecular weight excluding hydrogens is 544 g/mol. The molecule has 1 heterocycles. The van der Waals surface area contributed by atoms with Crippen molar-refractivity contribution in [3.8, 4) is 56.3 Å². The number of hydrogen-bond acceptors (Lipinski definition) is 1. The summed E-state index contributed by atoms with van der Waals surface area (Å²) in [5.41, 5.74) is 12.9. The van der Waals surface area contributed by atoms with E-state index >= 15 is 0 Å². The minimum atomic E-state index is 0.667. The fraction of sp³-hybridized carbons (Fsp3) is 0. The van der Waals surface area contributed by atoms with Gasteiger partial charge in [0.15, 0.2) is 0 Å². The molecule has 0 aliphatic carbocycles.